The van der Waals surface area contributed by atoms with E-state index in [4.69, 9.17) is 0 Å². The van der Waals surface area contributed by atoms with Gasteiger partial charge in [-0.3, -0.25) is 14.5 Å². The second kappa shape index (κ2) is 7.50. The van der Waals surface area contributed by atoms with Crippen LogP contribution in [0.15, 0.2) is 30.5 Å². The van der Waals surface area contributed by atoms with Gasteiger partial charge >= 0.3 is 0 Å². The Morgan fingerprint density at radius 2 is 1.81 bits per heavy atom. The van der Waals surface area contributed by atoms with Crippen molar-refractivity contribution in [3.8, 4) is 0 Å². The maximum absolute atomic E-state index is 12.6. The number of aromatic amines is 1. The fourth-order valence-corrected chi connectivity index (χ4v) is 3.37. The summed E-state index contributed by atoms with van der Waals surface area (Å²) in [6, 6.07) is 8.04. The highest BCUT2D eigenvalue weighted by molar-refractivity contribution is 5.89. The molecule has 2 N–H and O–H groups in total. The minimum absolute atomic E-state index is 0.0380. The first-order valence-corrected chi connectivity index (χ1v) is 9.18. The first-order valence-electron chi connectivity index (χ1n) is 9.18. The van der Waals surface area contributed by atoms with Gasteiger partial charge in [0.25, 0.3) is 0 Å². The van der Waals surface area contributed by atoms with Crippen LogP contribution in [-0.4, -0.2) is 64.9 Å². The molecule has 6 nitrogen and oxygen atoms in total. The Labute approximate surface area is 154 Å². The third kappa shape index (κ3) is 4.64. The summed E-state index contributed by atoms with van der Waals surface area (Å²) in [5.41, 5.74) is 1.89. The zero-order valence-electron chi connectivity index (χ0n) is 15.8. The topological polar surface area (TPSA) is 68.4 Å². The number of H-pyrrole nitrogens is 1. The summed E-state index contributed by atoms with van der Waals surface area (Å²) in [6.07, 6.45) is 2.34. The molecule has 0 atom stereocenters. The second-order valence-corrected chi connectivity index (χ2v) is 7.99. The van der Waals surface area contributed by atoms with Gasteiger partial charge < -0.3 is 15.2 Å². The molecule has 1 aromatic heterocycles. The van der Waals surface area contributed by atoms with Crippen LogP contribution >= 0.6 is 0 Å². The van der Waals surface area contributed by atoms with Crippen LogP contribution in [0.1, 0.15) is 26.3 Å². The quantitative estimate of drug-likeness (QED) is 0.877. The van der Waals surface area contributed by atoms with E-state index in [0.29, 0.717) is 26.1 Å². The van der Waals surface area contributed by atoms with E-state index in [-0.39, 0.29) is 17.4 Å². The van der Waals surface area contributed by atoms with Crippen molar-refractivity contribution in [2.45, 2.75) is 32.7 Å². The molecular formula is C20H28N4O2. The van der Waals surface area contributed by atoms with Crippen molar-refractivity contribution in [2.24, 2.45) is 0 Å². The molecule has 2 aromatic rings. The van der Waals surface area contributed by atoms with Crippen molar-refractivity contribution in [2.75, 3.05) is 32.7 Å². The van der Waals surface area contributed by atoms with Crippen LogP contribution in [-0.2, 0) is 16.0 Å². The number of carbonyl (C=O) groups excluding carboxylic acids is 2. The SMILES string of the molecule is CC(C)(C)NC(=O)CN1CCN(C(=O)Cc2c[nH]c3ccccc23)CC1. The average molecular weight is 356 g/mol. The molecular weight excluding hydrogens is 328 g/mol. The maximum Gasteiger partial charge on any atom is 0.234 e. The molecule has 0 unspecified atom stereocenters. The Morgan fingerprint density at radius 1 is 1.12 bits per heavy atom. The van der Waals surface area contributed by atoms with Crippen LogP contribution in [0.4, 0.5) is 0 Å². The number of benzene rings is 1. The van der Waals surface area contributed by atoms with Gasteiger partial charge in [0.15, 0.2) is 0 Å². The molecule has 0 saturated carbocycles. The smallest absolute Gasteiger partial charge is 0.234 e. The van der Waals surface area contributed by atoms with Gasteiger partial charge in [0.1, 0.15) is 0 Å². The van der Waals surface area contributed by atoms with Gasteiger partial charge in [0, 0.05) is 48.8 Å². The van der Waals surface area contributed by atoms with Crippen LogP contribution in [0.5, 0.6) is 0 Å². The number of rotatable bonds is 4. The number of nitrogens with zero attached hydrogens (tertiary/aromatic N) is 2. The number of hydrogen-bond acceptors (Lipinski definition) is 3. The fraction of sp³-hybridized carbons (Fsp3) is 0.500. The summed E-state index contributed by atoms with van der Waals surface area (Å²) >= 11 is 0. The molecule has 0 aliphatic carbocycles. The Morgan fingerprint density at radius 3 is 2.50 bits per heavy atom. The number of nitrogens with one attached hydrogen (secondary N) is 2. The van der Waals surface area contributed by atoms with E-state index in [1.807, 2.05) is 56.1 Å². The zero-order chi connectivity index (χ0) is 18.7. The Hall–Kier alpha value is -2.34. The summed E-state index contributed by atoms with van der Waals surface area (Å²) in [4.78, 5) is 31.9. The standard InChI is InChI=1S/C20H28N4O2/c1-20(2,3)22-18(25)14-23-8-10-24(11-9-23)19(26)12-15-13-21-17-7-5-4-6-16(15)17/h4-7,13,21H,8-12,14H2,1-3H3,(H,22,25). The molecule has 1 fully saturated rings. The molecule has 0 bridgehead atoms. The first kappa shape index (κ1) is 18.5. The minimum atomic E-state index is -0.214. The van der Waals surface area contributed by atoms with Crippen molar-refractivity contribution in [1.82, 2.24) is 20.1 Å². The van der Waals surface area contributed by atoms with E-state index in [9.17, 15) is 9.59 Å². The number of para-hydroxylation sites is 1. The van der Waals surface area contributed by atoms with E-state index >= 15 is 0 Å². The average Bonchev–Trinajstić information content (AvgIpc) is 2.97. The molecule has 3 rings (SSSR count). The lowest BCUT2D eigenvalue weighted by molar-refractivity contribution is -0.132. The molecule has 26 heavy (non-hydrogen) atoms. The fourth-order valence-electron chi connectivity index (χ4n) is 3.37. The third-order valence-corrected chi connectivity index (χ3v) is 4.62. The molecule has 6 heteroatoms. The monoisotopic (exact) mass is 356 g/mol. The van der Waals surface area contributed by atoms with Gasteiger partial charge in [-0.2, -0.15) is 0 Å². The molecule has 1 aliphatic rings. The molecule has 0 spiro atoms. The lowest BCUT2D eigenvalue weighted by Gasteiger charge is -2.35. The number of fused-ring (bicyclic) bond motifs is 1. The van der Waals surface area contributed by atoms with Gasteiger partial charge in [0.2, 0.25) is 11.8 Å². The lowest BCUT2D eigenvalue weighted by Crippen LogP contribution is -2.53. The van der Waals surface area contributed by atoms with E-state index < -0.39 is 0 Å². The Bertz CT molecular complexity index is 782. The second-order valence-electron chi connectivity index (χ2n) is 7.99. The van der Waals surface area contributed by atoms with Gasteiger partial charge in [-0.25, -0.2) is 0 Å². The van der Waals surface area contributed by atoms with E-state index in [0.717, 1.165) is 29.6 Å². The van der Waals surface area contributed by atoms with E-state index in [1.54, 1.807) is 0 Å². The largest absolute Gasteiger partial charge is 0.361 e. The number of aromatic nitrogens is 1. The molecule has 2 heterocycles. The number of piperazine rings is 1. The molecule has 1 aliphatic heterocycles. The Kier molecular flexibility index (Phi) is 5.32. The normalized spacial score (nSPS) is 16.0. The van der Waals surface area contributed by atoms with Crippen LogP contribution in [0.2, 0.25) is 0 Å². The minimum Gasteiger partial charge on any atom is -0.361 e. The lowest BCUT2D eigenvalue weighted by atomic mass is 10.1. The Balaban J connectivity index is 1.50. The van der Waals surface area contributed by atoms with Crippen LogP contribution in [0.25, 0.3) is 10.9 Å². The molecule has 1 saturated heterocycles. The van der Waals surface area contributed by atoms with Crippen molar-refractivity contribution in [3.05, 3.63) is 36.0 Å². The number of amides is 2. The number of hydrogen-bond donors (Lipinski definition) is 2. The van der Waals surface area contributed by atoms with E-state index in [1.165, 1.54) is 0 Å². The number of carbonyl (C=O) groups is 2. The molecule has 140 valence electrons. The summed E-state index contributed by atoms with van der Waals surface area (Å²) in [7, 11) is 0. The highest BCUT2D eigenvalue weighted by atomic mass is 16.2. The van der Waals surface area contributed by atoms with Crippen molar-refractivity contribution >= 4 is 22.7 Å². The third-order valence-electron chi connectivity index (χ3n) is 4.62. The molecule has 2 amide bonds. The summed E-state index contributed by atoms with van der Waals surface area (Å²) in [6.45, 7) is 9.13. The van der Waals surface area contributed by atoms with Crippen molar-refractivity contribution in [1.29, 1.82) is 0 Å². The molecule has 1 aromatic carbocycles. The summed E-state index contributed by atoms with van der Waals surface area (Å²) < 4.78 is 0. The highest BCUT2D eigenvalue weighted by Crippen LogP contribution is 2.19. The predicted molar refractivity (Wildman–Crippen MR) is 103 cm³/mol. The zero-order valence-corrected chi connectivity index (χ0v) is 15.8. The predicted octanol–water partition coefficient (Wildman–Crippen LogP) is 1.77. The maximum atomic E-state index is 12.6. The van der Waals surface area contributed by atoms with Gasteiger partial charge in [-0.1, -0.05) is 18.2 Å². The van der Waals surface area contributed by atoms with Gasteiger partial charge in [-0.15, -0.1) is 0 Å². The van der Waals surface area contributed by atoms with Gasteiger partial charge in [0.05, 0.1) is 13.0 Å². The van der Waals surface area contributed by atoms with Crippen molar-refractivity contribution in [3.63, 3.8) is 0 Å². The summed E-state index contributed by atoms with van der Waals surface area (Å²) in [5, 5.41) is 4.09. The molecule has 0 radical (unpaired) electrons. The highest BCUT2D eigenvalue weighted by Gasteiger charge is 2.24. The van der Waals surface area contributed by atoms with Crippen molar-refractivity contribution < 1.29 is 9.59 Å². The van der Waals surface area contributed by atoms with E-state index in [2.05, 4.69) is 15.2 Å². The van der Waals surface area contributed by atoms with Gasteiger partial charge in [-0.05, 0) is 32.4 Å². The van der Waals surface area contributed by atoms with Crippen LogP contribution < -0.4 is 5.32 Å². The van der Waals surface area contributed by atoms with Crippen LogP contribution in [0, 0.1) is 0 Å². The van der Waals surface area contributed by atoms with Crippen LogP contribution in [0.3, 0.4) is 0 Å². The summed E-state index contributed by atoms with van der Waals surface area (Å²) in [5.74, 6) is 0.185. The first-order chi connectivity index (χ1) is 12.3.